The lowest BCUT2D eigenvalue weighted by atomic mass is 10.1. The number of aromatic nitrogens is 3. The van der Waals surface area contributed by atoms with Crippen molar-refractivity contribution < 1.29 is 10.0 Å². The number of rotatable bonds is 9. The molecule has 2 heterocycles. The van der Waals surface area contributed by atoms with E-state index < -0.39 is 4.92 Å². The van der Waals surface area contributed by atoms with Crippen LogP contribution in [0.5, 0.6) is 0 Å². The fourth-order valence-corrected chi connectivity index (χ4v) is 2.76. The van der Waals surface area contributed by atoms with Gasteiger partial charge in [-0.3, -0.25) is 15.1 Å². The largest absolute Gasteiger partial charge is 0.394 e. The Kier molecular flexibility index (Phi) is 6.87. The molecule has 3 aromatic rings. The Balaban J connectivity index is 1.84. The van der Waals surface area contributed by atoms with Crippen molar-refractivity contribution >= 4 is 17.5 Å². The lowest BCUT2D eigenvalue weighted by Crippen LogP contribution is -2.30. The van der Waals surface area contributed by atoms with E-state index in [0.29, 0.717) is 29.7 Å². The van der Waals surface area contributed by atoms with Gasteiger partial charge in [-0.15, -0.1) is 0 Å². The summed E-state index contributed by atoms with van der Waals surface area (Å²) < 4.78 is 0. The van der Waals surface area contributed by atoms with Gasteiger partial charge in [0.05, 0.1) is 29.0 Å². The highest BCUT2D eigenvalue weighted by Gasteiger charge is 2.15. The Morgan fingerprint density at radius 1 is 1.10 bits per heavy atom. The van der Waals surface area contributed by atoms with E-state index in [1.165, 1.54) is 12.1 Å². The summed E-state index contributed by atoms with van der Waals surface area (Å²) in [6, 6.07) is 13.5. The molecule has 0 amide bonds. The van der Waals surface area contributed by atoms with Crippen molar-refractivity contribution in [3.63, 3.8) is 0 Å². The van der Waals surface area contributed by atoms with E-state index in [1.807, 2.05) is 32.0 Å². The van der Waals surface area contributed by atoms with Crippen molar-refractivity contribution in [2.24, 2.45) is 5.92 Å². The molecular weight excluding hydrogens is 384 g/mol. The standard InChI is InChI=1S/C21H24N6O3/c1-14(2)19(13-28)25-21-24-18(17-5-3-4-10-22-17)11-20(26-21)23-12-15-6-8-16(9-7-15)27(29)30/h3-11,14,19,28H,12-13H2,1-2H3,(H2,23,24,25,26)/t19-/m0/s1. The first kappa shape index (κ1) is 21.1. The fraction of sp³-hybridized carbons (Fsp3) is 0.286. The molecule has 156 valence electrons. The molecule has 0 fully saturated rings. The summed E-state index contributed by atoms with van der Waals surface area (Å²) in [4.78, 5) is 23.8. The van der Waals surface area contributed by atoms with Crippen molar-refractivity contribution in [2.45, 2.75) is 26.4 Å². The number of benzene rings is 1. The summed E-state index contributed by atoms with van der Waals surface area (Å²) >= 11 is 0. The molecule has 3 N–H and O–H groups in total. The highest BCUT2D eigenvalue weighted by atomic mass is 16.6. The number of aliphatic hydroxyl groups excluding tert-OH is 1. The Morgan fingerprint density at radius 2 is 1.87 bits per heavy atom. The number of non-ortho nitro benzene ring substituents is 1. The molecule has 0 unspecified atom stereocenters. The number of hydrogen-bond donors (Lipinski definition) is 3. The minimum Gasteiger partial charge on any atom is -0.394 e. The van der Waals surface area contributed by atoms with Gasteiger partial charge in [-0.05, 0) is 23.6 Å². The fourth-order valence-electron chi connectivity index (χ4n) is 2.76. The average molecular weight is 408 g/mol. The second kappa shape index (κ2) is 9.75. The number of nitrogens with one attached hydrogen (secondary N) is 2. The first-order valence-corrected chi connectivity index (χ1v) is 9.61. The molecule has 0 spiro atoms. The van der Waals surface area contributed by atoms with Crippen LogP contribution in [0, 0.1) is 16.0 Å². The number of hydrogen-bond acceptors (Lipinski definition) is 8. The van der Waals surface area contributed by atoms with Crippen molar-refractivity contribution in [1.29, 1.82) is 0 Å². The van der Waals surface area contributed by atoms with Crippen LogP contribution >= 0.6 is 0 Å². The Morgan fingerprint density at radius 3 is 2.47 bits per heavy atom. The molecule has 30 heavy (non-hydrogen) atoms. The Labute approximate surface area is 174 Å². The zero-order valence-electron chi connectivity index (χ0n) is 16.8. The molecule has 9 heteroatoms. The monoisotopic (exact) mass is 408 g/mol. The van der Waals surface area contributed by atoms with Gasteiger partial charge in [-0.1, -0.05) is 32.0 Å². The third-order valence-electron chi connectivity index (χ3n) is 4.59. The predicted molar refractivity (Wildman–Crippen MR) is 115 cm³/mol. The van der Waals surface area contributed by atoms with Crippen LogP contribution in [0.1, 0.15) is 19.4 Å². The van der Waals surface area contributed by atoms with Crippen LogP contribution in [-0.4, -0.2) is 37.6 Å². The Bertz CT molecular complexity index is 980. The summed E-state index contributed by atoms with van der Waals surface area (Å²) in [7, 11) is 0. The smallest absolute Gasteiger partial charge is 0.269 e. The zero-order chi connectivity index (χ0) is 21.5. The van der Waals surface area contributed by atoms with E-state index >= 15 is 0 Å². The Hall–Kier alpha value is -3.59. The van der Waals surface area contributed by atoms with E-state index in [0.717, 1.165) is 5.56 Å². The molecule has 2 aromatic heterocycles. The van der Waals surface area contributed by atoms with Gasteiger partial charge in [0.1, 0.15) is 5.82 Å². The normalized spacial score (nSPS) is 11.9. The van der Waals surface area contributed by atoms with Crippen molar-refractivity contribution in [1.82, 2.24) is 15.0 Å². The summed E-state index contributed by atoms with van der Waals surface area (Å²) in [5.41, 5.74) is 2.27. The van der Waals surface area contributed by atoms with E-state index in [-0.39, 0.29) is 24.3 Å². The summed E-state index contributed by atoms with van der Waals surface area (Å²) in [5.74, 6) is 1.15. The summed E-state index contributed by atoms with van der Waals surface area (Å²) in [6.45, 7) is 4.40. The van der Waals surface area contributed by atoms with Crippen LogP contribution in [0.2, 0.25) is 0 Å². The molecule has 3 rings (SSSR count). The van der Waals surface area contributed by atoms with Crippen LogP contribution in [0.15, 0.2) is 54.7 Å². The number of nitro benzene ring substituents is 1. The summed E-state index contributed by atoms with van der Waals surface area (Å²) in [6.07, 6.45) is 1.69. The number of pyridine rings is 1. The molecule has 0 aliphatic heterocycles. The minimum absolute atomic E-state index is 0.0413. The van der Waals surface area contributed by atoms with Gasteiger partial charge in [-0.2, -0.15) is 4.98 Å². The zero-order valence-corrected chi connectivity index (χ0v) is 16.8. The maximum atomic E-state index is 10.8. The predicted octanol–water partition coefficient (Wildman–Crippen LogP) is 3.49. The summed E-state index contributed by atoms with van der Waals surface area (Å²) in [5, 5.41) is 26.8. The van der Waals surface area contributed by atoms with E-state index in [1.54, 1.807) is 24.4 Å². The number of aliphatic hydroxyl groups is 1. The molecule has 1 aromatic carbocycles. The van der Waals surface area contributed by atoms with Crippen molar-refractivity contribution in [3.8, 4) is 11.4 Å². The molecule has 0 saturated heterocycles. The van der Waals surface area contributed by atoms with Gasteiger partial charge in [0, 0.05) is 30.9 Å². The van der Waals surface area contributed by atoms with Crippen LogP contribution < -0.4 is 10.6 Å². The van der Waals surface area contributed by atoms with Gasteiger partial charge >= 0.3 is 0 Å². The van der Waals surface area contributed by atoms with E-state index in [2.05, 4.69) is 25.6 Å². The van der Waals surface area contributed by atoms with Gasteiger partial charge < -0.3 is 15.7 Å². The van der Waals surface area contributed by atoms with Gasteiger partial charge in [0.25, 0.3) is 5.69 Å². The van der Waals surface area contributed by atoms with Gasteiger partial charge in [0.15, 0.2) is 0 Å². The van der Waals surface area contributed by atoms with Crippen LogP contribution in [0.3, 0.4) is 0 Å². The maximum Gasteiger partial charge on any atom is 0.269 e. The van der Waals surface area contributed by atoms with Crippen LogP contribution in [0.4, 0.5) is 17.5 Å². The number of anilines is 2. The van der Waals surface area contributed by atoms with Crippen molar-refractivity contribution in [3.05, 3.63) is 70.4 Å². The molecule has 0 radical (unpaired) electrons. The molecule has 0 aliphatic carbocycles. The molecule has 0 saturated carbocycles. The molecule has 0 aliphatic rings. The number of nitrogens with zero attached hydrogens (tertiary/aromatic N) is 4. The van der Waals surface area contributed by atoms with E-state index in [9.17, 15) is 15.2 Å². The SMILES string of the molecule is CC(C)[C@H](CO)Nc1nc(NCc2ccc([N+](=O)[O-])cc2)cc(-c2ccccn2)n1. The lowest BCUT2D eigenvalue weighted by molar-refractivity contribution is -0.384. The molecular formula is C21H24N6O3. The third kappa shape index (κ3) is 5.48. The highest BCUT2D eigenvalue weighted by molar-refractivity contribution is 5.61. The van der Waals surface area contributed by atoms with Crippen LogP contribution in [-0.2, 0) is 6.54 Å². The second-order valence-corrected chi connectivity index (χ2v) is 7.13. The molecule has 0 bridgehead atoms. The molecule has 1 atom stereocenters. The second-order valence-electron chi connectivity index (χ2n) is 7.13. The van der Waals surface area contributed by atoms with Crippen LogP contribution in [0.25, 0.3) is 11.4 Å². The molecule has 9 nitrogen and oxygen atoms in total. The topological polar surface area (TPSA) is 126 Å². The average Bonchev–Trinajstić information content (AvgIpc) is 2.76. The van der Waals surface area contributed by atoms with Crippen molar-refractivity contribution in [2.75, 3.05) is 17.2 Å². The maximum absolute atomic E-state index is 10.8. The third-order valence-corrected chi connectivity index (χ3v) is 4.59. The van der Waals surface area contributed by atoms with Gasteiger partial charge in [0.2, 0.25) is 5.95 Å². The first-order chi connectivity index (χ1) is 14.5. The van der Waals surface area contributed by atoms with E-state index in [4.69, 9.17) is 0 Å². The highest BCUT2D eigenvalue weighted by Crippen LogP contribution is 2.21. The lowest BCUT2D eigenvalue weighted by Gasteiger charge is -2.20. The minimum atomic E-state index is -0.426. The quantitative estimate of drug-likeness (QED) is 0.363. The van der Waals surface area contributed by atoms with Gasteiger partial charge in [-0.25, -0.2) is 4.98 Å². The first-order valence-electron chi connectivity index (χ1n) is 9.61. The number of nitro groups is 1.